The highest BCUT2D eigenvalue weighted by Gasteiger charge is 2.04. The second kappa shape index (κ2) is 4.18. The van der Waals surface area contributed by atoms with Crippen LogP contribution < -0.4 is 5.73 Å². The van der Waals surface area contributed by atoms with Gasteiger partial charge in [-0.05, 0) is 13.8 Å². The molecule has 1 aromatic rings. The van der Waals surface area contributed by atoms with E-state index >= 15 is 0 Å². The van der Waals surface area contributed by atoms with E-state index in [2.05, 4.69) is 10.2 Å². The van der Waals surface area contributed by atoms with E-state index in [0.29, 0.717) is 18.4 Å². The van der Waals surface area contributed by atoms with Gasteiger partial charge in [0.05, 0.1) is 12.6 Å². The summed E-state index contributed by atoms with van der Waals surface area (Å²) < 4.78 is 10.4. The molecule has 0 saturated heterocycles. The van der Waals surface area contributed by atoms with Crippen molar-refractivity contribution in [3.8, 4) is 0 Å². The molecule has 0 amide bonds. The van der Waals surface area contributed by atoms with Crippen LogP contribution in [0.25, 0.3) is 0 Å². The molecule has 0 fully saturated rings. The molecule has 5 nitrogen and oxygen atoms in total. The predicted octanol–water partition coefficient (Wildman–Crippen LogP) is 0.453. The molecule has 0 unspecified atom stereocenters. The Morgan fingerprint density at radius 3 is 2.58 bits per heavy atom. The minimum atomic E-state index is 0.165. The quantitative estimate of drug-likeness (QED) is 0.712. The maximum Gasteiger partial charge on any atom is 0.242 e. The molecule has 0 aliphatic rings. The predicted molar refractivity (Wildman–Crippen MR) is 42.1 cm³/mol. The van der Waals surface area contributed by atoms with Crippen molar-refractivity contribution >= 4 is 0 Å². The number of ether oxygens (including phenoxy) is 1. The summed E-state index contributed by atoms with van der Waals surface area (Å²) in [5.74, 6) is 0.918. The molecule has 0 bridgehead atoms. The Morgan fingerprint density at radius 1 is 1.42 bits per heavy atom. The van der Waals surface area contributed by atoms with Crippen LogP contribution in [0, 0.1) is 0 Å². The first kappa shape index (κ1) is 9.15. The smallest absolute Gasteiger partial charge is 0.242 e. The lowest BCUT2D eigenvalue weighted by molar-refractivity contribution is 0.0511. The van der Waals surface area contributed by atoms with Gasteiger partial charge in [-0.2, -0.15) is 0 Å². The molecular weight excluding hydrogens is 158 g/mol. The molecule has 1 rings (SSSR count). The molecule has 1 aromatic heterocycles. The van der Waals surface area contributed by atoms with Crippen molar-refractivity contribution in [2.75, 3.05) is 0 Å². The summed E-state index contributed by atoms with van der Waals surface area (Å²) >= 11 is 0. The number of rotatable bonds is 4. The third-order valence-electron chi connectivity index (χ3n) is 1.22. The zero-order valence-corrected chi connectivity index (χ0v) is 7.28. The fraction of sp³-hybridized carbons (Fsp3) is 0.714. The monoisotopic (exact) mass is 171 g/mol. The Balaban J connectivity index is 2.41. The first-order valence-corrected chi connectivity index (χ1v) is 3.85. The summed E-state index contributed by atoms with van der Waals surface area (Å²) in [4.78, 5) is 0. The molecule has 2 N–H and O–H groups in total. The maximum atomic E-state index is 5.28. The van der Waals surface area contributed by atoms with Crippen LogP contribution >= 0.6 is 0 Å². The third-order valence-corrected chi connectivity index (χ3v) is 1.22. The Morgan fingerprint density at radius 2 is 2.08 bits per heavy atom. The molecule has 0 atom stereocenters. The van der Waals surface area contributed by atoms with Crippen LogP contribution in [0.15, 0.2) is 4.42 Å². The van der Waals surface area contributed by atoms with Crippen molar-refractivity contribution in [1.29, 1.82) is 0 Å². The standard InChI is InChI=1S/C7H13N3O2/c1-5(2)11-4-7-10-9-6(3-8)12-7/h5H,3-4,8H2,1-2H3. The Kier molecular flexibility index (Phi) is 3.19. The average Bonchev–Trinajstić information content (AvgIpc) is 2.48. The van der Waals surface area contributed by atoms with E-state index in [-0.39, 0.29) is 12.6 Å². The van der Waals surface area contributed by atoms with Crippen LogP contribution in [0.3, 0.4) is 0 Å². The number of nitrogens with zero attached hydrogens (tertiary/aromatic N) is 2. The summed E-state index contributed by atoms with van der Waals surface area (Å²) in [6.45, 7) is 4.51. The summed E-state index contributed by atoms with van der Waals surface area (Å²) in [5.41, 5.74) is 5.28. The van der Waals surface area contributed by atoms with Gasteiger partial charge in [0.1, 0.15) is 6.61 Å². The van der Waals surface area contributed by atoms with Gasteiger partial charge in [-0.1, -0.05) is 0 Å². The van der Waals surface area contributed by atoms with Crippen molar-refractivity contribution < 1.29 is 9.15 Å². The summed E-state index contributed by atoms with van der Waals surface area (Å²) in [5, 5.41) is 7.43. The van der Waals surface area contributed by atoms with Gasteiger partial charge in [-0.15, -0.1) is 10.2 Å². The second-order valence-electron chi connectivity index (χ2n) is 2.65. The van der Waals surface area contributed by atoms with Crippen molar-refractivity contribution in [3.05, 3.63) is 11.8 Å². The Labute approximate surface area is 70.9 Å². The van der Waals surface area contributed by atoms with Gasteiger partial charge < -0.3 is 14.9 Å². The fourth-order valence-corrected chi connectivity index (χ4v) is 0.667. The Bertz CT molecular complexity index is 234. The molecular formula is C7H13N3O2. The third kappa shape index (κ3) is 2.60. The van der Waals surface area contributed by atoms with E-state index in [1.54, 1.807) is 0 Å². The highest BCUT2D eigenvalue weighted by molar-refractivity contribution is 4.78. The lowest BCUT2D eigenvalue weighted by Crippen LogP contribution is -2.02. The van der Waals surface area contributed by atoms with Crippen LogP contribution in [0.5, 0.6) is 0 Å². The SMILES string of the molecule is CC(C)OCc1nnc(CN)o1. The first-order valence-electron chi connectivity index (χ1n) is 3.85. The summed E-state index contributed by atoms with van der Waals surface area (Å²) in [7, 11) is 0. The molecule has 12 heavy (non-hydrogen) atoms. The van der Waals surface area contributed by atoms with Gasteiger partial charge in [0.2, 0.25) is 11.8 Å². The van der Waals surface area contributed by atoms with Gasteiger partial charge in [0, 0.05) is 0 Å². The molecule has 0 saturated carbocycles. The van der Waals surface area contributed by atoms with Crippen molar-refractivity contribution in [2.24, 2.45) is 5.73 Å². The van der Waals surface area contributed by atoms with Gasteiger partial charge in [0.15, 0.2) is 0 Å². The molecule has 0 aromatic carbocycles. The summed E-state index contributed by atoms with van der Waals surface area (Å²) in [6, 6.07) is 0. The van der Waals surface area contributed by atoms with Crippen LogP contribution in [-0.4, -0.2) is 16.3 Å². The first-order chi connectivity index (χ1) is 5.72. The van der Waals surface area contributed by atoms with Crippen LogP contribution in [-0.2, 0) is 17.9 Å². The number of hydrogen-bond donors (Lipinski definition) is 1. The van der Waals surface area contributed by atoms with Gasteiger partial charge in [-0.25, -0.2) is 0 Å². The van der Waals surface area contributed by atoms with E-state index in [1.165, 1.54) is 0 Å². The van der Waals surface area contributed by atoms with E-state index < -0.39 is 0 Å². The van der Waals surface area contributed by atoms with Crippen molar-refractivity contribution in [1.82, 2.24) is 10.2 Å². The fourth-order valence-electron chi connectivity index (χ4n) is 0.667. The van der Waals surface area contributed by atoms with Crippen LogP contribution in [0.1, 0.15) is 25.6 Å². The lowest BCUT2D eigenvalue weighted by Gasteiger charge is -2.02. The maximum absolute atomic E-state index is 5.28. The molecule has 68 valence electrons. The highest BCUT2D eigenvalue weighted by Crippen LogP contribution is 2.01. The van der Waals surface area contributed by atoms with Gasteiger partial charge in [0.25, 0.3) is 0 Å². The Hall–Kier alpha value is -0.940. The van der Waals surface area contributed by atoms with Crippen molar-refractivity contribution in [2.45, 2.75) is 33.1 Å². The highest BCUT2D eigenvalue weighted by atomic mass is 16.5. The van der Waals surface area contributed by atoms with E-state index in [1.807, 2.05) is 13.8 Å². The molecule has 0 aliphatic heterocycles. The molecule has 5 heteroatoms. The zero-order chi connectivity index (χ0) is 8.97. The minimum absolute atomic E-state index is 0.165. The molecule has 0 aliphatic carbocycles. The summed E-state index contributed by atoms with van der Waals surface area (Å²) in [6.07, 6.45) is 0.165. The molecule has 0 radical (unpaired) electrons. The van der Waals surface area contributed by atoms with Crippen LogP contribution in [0.4, 0.5) is 0 Å². The minimum Gasteiger partial charge on any atom is -0.421 e. The molecule has 1 heterocycles. The van der Waals surface area contributed by atoms with E-state index in [0.717, 1.165) is 0 Å². The van der Waals surface area contributed by atoms with E-state index in [4.69, 9.17) is 14.9 Å². The normalized spacial score (nSPS) is 11.0. The van der Waals surface area contributed by atoms with Gasteiger partial charge >= 0.3 is 0 Å². The van der Waals surface area contributed by atoms with Gasteiger partial charge in [-0.3, -0.25) is 0 Å². The zero-order valence-electron chi connectivity index (χ0n) is 7.28. The van der Waals surface area contributed by atoms with E-state index in [9.17, 15) is 0 Å². The lowest BCUT2D eigenvalue weighted by atomic mass is 10.5. The number of nitrogens with two attached hydrogens (primary N) is 1. The van der Waals surface area contributed by atoms with Crippen molar-refractivity contribution in [3.63, 3.8) is 0 Å². The number of hydrogen-bond acceptors (Lipinski definition) is 5. The topological polar surface area (TPSA) is 74.2 Å². The molecule has 0 spiro atoms. The largest absolute Gasteiger partial charge is 0.421 e. The van der Waals surface area contributed by atoms with Crippen LogP contribution in [0.2, 0.25) is 0 Å². The second-order valence-corrected chi connectivity index (χ2v) is 2.65. The average molecular weight is 171 g/mol. The number of aromatic nitrogens is 2.